The normalized spacial score (nSPS) is 17.5. The summed E-state index contributed by atoms with van der Waals surface area (Å²) in [6.07, 6.45) is 6.14. The van der Waals surface area contributed by atoms with Gasteiger partial charge in [-0.15, -0.1) is 0 Å². The quantitative estimate of drug-likeness (QED) is 0.599. The predicted molar refractivity (Wildman–Crippen MR) is 61.6 cm³/mol. The van der Waals surface area contributed by atoms with E-state index in [4.69, 9.17) is 5.73 Å². The molecule has 0 aromatic carbocycles. The largest absolute Gasteiger partial charge is 0.369 e. The number of hydrogen-bond donors (Lipinski definition) is 2. The smallest absolute Gasteiger partial charge is 0.231 e. The molecule has 3 N–H and O–H groups in total. The highest BCUT2D eigenvalue weighted by Crippen LogP contribution is 2.23. The van der Waals surface area contributed by atoms with Gasteiger partial charge in [-0.1, -0.05) is 12.8 Å². The zero-order valence-corrected chi connectivity index (χ0v) is 9.67. The first kappa shape index (κ1) is 12.5. The fraction of sp³-hybridized carbons (Fsp3) is 0.909. The predicted octanol–water partition coefficient (Wildman–Crippen LogP) is 0.326. The van der Waals surface area contributed by atoms with E-state index in [0.717, 1.165) is 19.5 Å². The summed E-state index contributed by atoms with van der Waals surface area (Å²) in [5.74, 6) is -0.202. The SMILES string of the molecule is CNCCCN(CC(N)=O)C1CCCC1. The molecule has 15 heavy (non-hydrogen) atoms. The highest BCUT2D eigenvalue weighted by Gasteiger charge is 2.22. The average molecular weight is 213 g/mol. The molecule has 88 valence electrons. The third kappa shape index (κ3) is 4.62. The molecule has 0 spiro atoms. The van der Waals surface area contributed by atoms with Gasteiger partial charge in [0.15, 0.2) is 0 Å². The Hall–Kier alpha value is -0.610. The van der Waals surface area contributed by atoms with Crippen LogP contribution >= 0.6 is 0 Å². The number of nitrogens with two attached hydrogens (primary N) is 1. The summed E-state index contributed by atoms with van der Waals surface area (Å²) in [5.41, 5.74) is 5.27. The Morgan fingerprint density at radius 1 is 1.47 bits per heavy atom. The van der Waals surface area contributed by atoms with Gasteiger partial charge in [0, 0.05) is 12.6 Å². The summed E-state index contributed by atoms with van der Waals surface area (Å²) in [7, 11) is 1.95. The van der Waals surface area contributed by atoms with Gasteiger partial charge >= 0.3 is 0 Å². The molecule has 0 unspecified atom stereocenters. The molecule has 1 saturated carbocycles. The summed E-state index contributed by atoms with van der Waals surface area (Å²) >= 11 is 0. The molecule has 4 nitrogen and oxygen atoms in total. The van der Waals surface area contributed by atoms with Crippen LogP contribution in [0, 0.1) is 0 Å². The Bertz CT molecular complexity index is 190. The monoisotopic (exact) mass is 213 g/mol. The topological polar surface area (TPSA) is 58.4 Å². The first-order valence-corrected chi connectivity index (χ1v) is 5.91. The van der Waals surface area contributed by atoms with E-state index in [1.54, 1.807) is 0 Å². The Kier molecular flexibility index (Phi) is 5.65. The van der Waals surface area contributed by atoms with Crippen LogP contribution in [0.3, 0.4) is 0 Å². The molecule has 1 rings (SSSR count). The number of carbonyl (C=O) groups excluding carboxylic acids is 1. The molecule has 1 fully saturated rings. The molecule has 0 aromatic heterocycles. The number of nitrogens with zero attached hydrogens (tertiary/aromatic N) is 1. The highest BCUT2D eigenvalue weighted by molar-refractivity contribution is 5.75. The van der Waals surface area contributed by atoms with E-state index < -0.39 is 0 Å². The van der Waals surface area contributed by atoms with Gasteiger partial charge in [-0.25, -0.2) is 0 Å². The molecule has 0 bridgehead atoms. The van der Waals surface area contributed by atoms with Crippen molar-refractivity contribution >= 4 is 5.91 Å². The van der Waals surface area contributed by atoms with Gasteiger partial charge in [-0.05, 0) is 32.9 Å². The molecule has 0 radical (unpaired) electrons. The minimum Gasteiger partial charge on any atom is -0.369 e. The van der Waals surface area contributed by atoms with Crippen molar-refractivity contribution < 1.29 is 4.79 Å². The van der Waals surface area contributed by atoms with Gasteiger partial charge in [0.25, 0.3) is 0 Å². The number of nitrogens with one attached hydrogen (secondary N) is 1. The van der Waals surface area contributed by atoms with E-state index in [1.807, 2.05) is 7.05 Å². The van der Waals surface area contributed by atoms with Crippen molar-refractivity contribution in [3.63, 3.8) is 0 Å². The number of amides is 1. The van der Waals surface area contributed by atoms with Crippen molar-refractivity contribution in [2.24, 2.45) is 5.73 Å². The molecule has 1 amide bonds. The zero-order valence-electron chi connectivity index (χ0n) is 9.67. The van der Waals surface area contributed by atoms with Crippen molar-refractivity contribution in [3.05, 3.63) is 0 Å². The molecule has 0 saturated heterocycles. The van der Waals surface area contributed by atoms with Crippen molar-refractivity contribution in [2.75, 3.05) is 26.7 Å². The van der Waals surface area contributed by atoms with E-state index in [2.05, 4.69) is 10.2 Å². The van der Waals surface area contributed by atoms with Crippen LogP contribution in [0.1, 0.15) is 32.1 Å². The van der Waals surface area contributed by atoms with E-state index >= 15 is 0 Å². The van der Waals surface area contributed by atoms with Crippen LogP contribution in [0.4, 0.5) is 0 Å². The van der Waals surface area contributed by atoms with Crippen LogP contribution in [0.25, 0.3) is 0 Å². The second-order valence-electron chi connectivity index (χ2n) is 4.33. The fourth-order valence-electron chi connectivity index (χ4n) is 2.32. The molecule has 4 heteroatoms. The number of rotatable bonds is 7. The van der Waals surface area contributed by atoms with Gasteiger partial charge in [0.1, 0.15) is 0 Å². The minimum atomic E-state index is -0.202. The number of hydrogen-bond acceptors (Lipinski definition) is 3. The van der Waals surface area contributed by atoms with Crippen molar-refractivity contribution in [1.82, 2.24) is 10.2 Å². The van der Waals surface area contributed by atoms with Gasteiger partial charge in [0.05, 0.1) is 6.54 Å². The highest BCUT2D eigenvalue weighted by atomic mass is 16.1. The van der Waals surface area contributed by atoms with E-state index in [9.17, 15) is 4.79 Å². The maximum absolute atomic E-state index is 11.0. The molecule has 0 aliphatic heterocycles. The summed E-state index contributed by atoms with van der Waals surface area (Å²) in [6.45, 7) is 2.41. The third-order valence-electron chi connectivity index (χ3n) is 3.07. The lowest BCUT2D eigenvalue weighted by Gasteiger charge is -2.27. The van der Waals surface area contributed by atoms with Crippen molar-refractivity contribution in [1.29, 1.82) is 0 Å². The van der Waals surface area contributed by atoms with Gasteiger partial charge in [0.2, 0.25) is 5.91 Å². The first-order chi connectivity index (χ1) is 7.24. The molecule has 1 aliphatic rings. The van der Waals surface area contributed by atoms with Crippen molar-refractivity contribution in [3.8, 4) is 0 Å². The summed E-state index contributed by atoms with van der Waals surface area (Å²) < 4.78 is 0. The van der Waals surface area contributed by atoms with Crippen LogP contribution < -0.4 is 11.1 Å². The van der Waals surface area contributed by atoms with Crippen LogP contribution in [-0.4, -0.2) is 43.5 Å². The van der Waals surface area contributed by atoms with Gasteiger partial charge in [-0.3, -0.25) is 9.69 Å². The number of carbonyl (C=O) groups is 1. The third-order valence-corrected chi connectivity index (χ3v) is 3.07. The lowest BCUT2D eigenvalue weighted by molar-refractivity contribution is -0.119. The summed E-state index contributed by atoms with van der Waals surface area (Å²) in [5, 5.41) is 3.12. The Morgan fingerprint density at radius 2 is 2.13 bits per heavy atom. The van der Waals surface area contributed by atoms with E-state index in [1.165, 1.54) is 25.7 Å². The Balaban J connectivity index is 2.33. The second kappa shape index (κ2) is 6.80. The molecular formula is C11H23N3O. The summed E-state index contributed by atoms with van der Waals surface area (Å²) in [6, 6.07) is 0.592. The van der Waals surface area contributed by atoms with Crippen LogP contribution in [-0.2, 0) is 4.79 Å². The minimum absolute atomic E-state index is 0.202. The Morgan fingerprint density at radius 3 is 2.67 bits per heavy atom. The summed E-state index contributed by atoms with van der Waals surface area (Å²) in [4.78, 5) is 13.2. The van der Waals surface area contributed by atoms with Gasteiger partial charge < -0.3 is 11.1 Å². The maximum Gasteiger partial charge on any atom is 0.231 e. The molecule has 0 atom stereocenters. The van der Waals surface area contributed by atoms with Crippen LogP contribution in [0.2, 0.25) is 0 Å². The second-order valence-corrected chi connectivity index (χ2v) is 4.33. The standard InChI is InChI=1S/C11H23N3O/c1-13-7-4-8-14(9-11(12)15)10-5-2-3-6-10/h10,13H,2-9H2,1H3,(H2,12,15). The molecule has 1 aliphatic carbocycles. The van der Waals surface area contributed by atoms with E-state index in [0.29, 0.717) is 12.6 Å². The zero-order chi connectivity index (χ0) is 11.1. The average Bonchev–Trinajstić information content (AvgIpc) is 2.68. The fourth-order valence-corrected chi connectivity index (χ4v) is 2.32. The lowest BCUT2D eigenvalue weighted by atomic mass is 10.2. The Labute approximate surface area is 92.2 Å². The van der Waals surface area contributed by atoms with Crippen LogP contribution in [0.15, 0.2) is 0 Å². The maximum atomic E-state index is 11.0. The van der Waals surface area contributed by atoms with Crippen molar-refractivity contribution in [2.45, 2.75) is 38.1 Å². The van der Waals surface area contributed by atoms with Gasteiger partial charge in [-0.2, -0.15) is 0 Å². The first-order valence-electron chi connectivity index (χ1n) is 5.91. The number of primary amides is 1. The molecular weight excluding hydrogens is 190 g/mol. The molecule has 0 heterocycles. The van der Waals surface area contributed by atoms with E-state index in [-0.39, 0.29) is 5.91 Å². The molecule has 0 aromatic rings. The van der Waals surface area contributed by atoms with Crippen LogP contribution in [0.5, 0.6) is 0 Å². The lowest BCUT2D eigenvalue weighted by Crippen LogP contribution is -2.41.